The number of halogens is 2. The van der Waals surface area contributed by atoms with Gasteiger partial charge in [-0.15, -0.1) is 5.53 Å². The van der Waals surface area contributed by atoms with Gasteiger partial charge in [-0.05, 0) is 29.2 Å². The van der Waals surface area contributed by atoms with Crippen LogP contribution in [0.15, 0.2) is 48.6 Å². The molecule has 42 heavy (non-hydrogen) atoms. The number of anilines is 2. The van der Waals surface area contributed by atoms with Crippen molar-refractivity contribution in [1.29, 1.82) is 5.26 Å². The van der Waals surface area contributed by atoms with Crippen molar-refractivity contribution in [3.8, 4) is 6.07 Å². The number of fused-ring (bicyclic) bond motifs is 1. The summed E-state index contributed by atoms with van der Waals surface area (Å²) in [6.45, 7) is 6.34. The van der Waals surface area contributed by atoms with E-state index in [-0.39, 0.29) is 22.7 Å². The van der Waals surface area contributed by atoms with Gasteiger partial charge in [-0.3, -0.25) is 19.5 Å². The number of amides is 1. The lowest BCUT2D eigenvalue weighted by Crippen LogP contribution is -2.47. The summed E-state index contributed by atoms with van der Waals surface area (Å²) in [6.07, 6.45) is 5.02. The number of nitrogens with one attached hydrogen (secondary N) is 5. The van der Waals surface area contributed by atoms with Gasteiger partial charge in [0.15, 0.2) is 0 Å². The van der Waals surface area contributed by atoms with E-state index in [1.54, 1.807) is 12.1 Å². The quantitative estimate of drug-likeness (QED) is 0.178. The van der Waals surface area contributed by atoms with Gasteiger partial charge in [-0.1, -0.05) is 38.4 Å². The summed E-state index contributed by atoms with van der Waals surface area (Å²) in [5.74, 6) is -1.51. The third-order valence-corrected chi connectivity index (χ3v) is 6.91. The maximum Gasteiger partial charge on any atom is 0.254 e. The Morgan fingerprint density at radius 3 is 2.60 bits per heavy atom. The van der Waals surface area contributed by atoms with Crippen LogP contribution in [0.5, 0.6) is 0 Å². The third kappa shape index (κ3) is 7.19. The van der Waals surface area contributed by atoms with Gasteiger partial charge in [-0.25, -0.2) is 13.4 Å². The standard InChI is InChI=1S/C26H28BClFN9O3S/c1-25(2,3)14-33-23-15(9-30)10-32-24-18(23)7-17(8-19(24)28)34-26(27,16-5-6-21(29)31-11-16)20-12-38(37-35-20)13-22(39)36-42(4,40)41/h5-8,10-12,34-35,37H,13-14H2,1-4H3,(H,32,33)(H,36,39). The largest absolute Gasteiger partial charge is 0.383 e. The summed E-state index contributed by atoms with van der Waals surface area (Å²) >= 11 is 6.65. The van der Waals surface area contributed by atoms with E-state index in [4.69, 9.17) is 19.4 Å². The molecule has 2 radical (unpaired) electrons. The number of nitriles is 1. The van der Waals surface area contributed by atoms with Crippen molar-refractivity contribution in [3.63, 3.8) is 0 Å². The van der Waals surface area contributed by atoms with Gasteiger partial charge < -0.3 is 16.1 Å². The molecule has 4 rings (SSSR count). The lowest BCUT2D eigenvalue weighted by atomic mass is 9.70. The molecule has 218 valence electrons. The van der Waals surface area contributed by atoms with E-state index in [1.165, 1.54) is 29.7 Å². The first-order chi connectivity index (χ1) is 19.6. The fourth-order valence-corrected chi connectivity index (χ4v) is 4.87. The van der Waals surface area contributed by atoms with Crippen molar-refractivity contribution >= 4 is 57.7 Å². The Labute approximate surface area is 249 Å². The lowest BCUT2D eigenvalue weighted by molar-refractivity contribution is -0.120. The van der Waals surface area contributed by atoms with Crippen molar-refractivity contribution in [3.05, 3.63) is 70.7 Å². The number of hydrogen-bond acceptors (Lipinski definition) is 11. The zero-order valence-corrected chi connectivity index (χ0v) is 24.8. The van der Waals surface area contributed by atoms with Crippen LogP contribution in [-0.4, -0.2) is 56.5 Å². The monoisotopic (exact) mass is 611 g/mol. The van der Waals surface area contributed by atoms with E-state index < -0.39 is 27.3 Å². The number of benzene rings is 1. The van der Waals surface area contributed by atoms with E-state index >= 15 is 0 Å². The second-order valence-electron chi connectivity index (χ2n) is 10.9. The second kappa shape index (κ2) is 11.6. The highest BCUT2D eigenvalue weighted by atomic mass is 35.5. The Morgan fingerprint density at radius 1 is 1.24 bits per heavy atom. The smallest absolute Gasteiger partial charge is 0.254 e. The summed E-state index contributed by atoms with van der Waals surface area (Å²) in [4.78, 5) is 20.3. The van der Waals surface area contributed by atoms with Crippen LogP contribution in [0, 0.1) is 22.7 Å². The lowest BCUT2D eigenvalue weighted by Gasteiger charge is -2.34. The highest BCUT2D eigenvalue weighted by molar-refractivity contribution is 7.89. The average Bonchev–Trinajstić information content (AvgIpc) is 3.34. The molecule has 0 saturated heterocycles. The molecule has 0 aliphatic carbocycles. The molecule has 1 unspecified atom stereocenters. The average molecular weight is 612 g/mol. The molecule has 3 aromatic rings. The summed E-state index contributed by atoms with van der Waals surface area (Å²) < 4.78 is 38.5. The highest BCUT2D eigenvalue weighted by Gasteiger charge is 2.35. The summed E-state index contributed by atoms with van der Waals surface area (Å²) in [7, 11) is 3.15. The molecule has 3 heterocycles. The van der Waals surface area contributed by atoms with Gasteiger partial charge in [0.1, 0.15) is 20.5 Å². The minimum absolute atomic E-state index is 0.0956. The van der Waals surface area contributed by atoms with Gasteiger partial charge >= 0.3 is 0 Å². The van der Waals surface area contributed by atoms with Crippen LogP contribution in [-0.2, 0) is 20.3 Å². The molecule has 1 aromatic carbocycles. The van der Waals surface area contributed by atoms with Gasteiger partial charge in [-0.2, -0.15) is 9.65 Å². The van der Waals surface area contributed by atoms with E-state index in [9.17, 15) is 22.9 Å². The molecule has 1 aliphatic heterocycles. The molecule has 2 aromatic heterocycles. The molecule has 16 heteroatoms. The molecular formula is C26H28BClFN9O3S. The zero-order valence-electron chi connectivity index (χ0n) is 23.2. The van der Waals surface area contributed by atoms with E-state index in [0.29, 0.717) is 39.9 Å². The van der Waals surface area contributed by atoms with E-state index in [2.05, 4.69) is 58.4 Å². The maximum atomic E-state index is 13.7. The third-order valence-electron chi connectivity index (χ3n) is 6.02. The van der Waals surface area contributed by atoms with E-state index in [1.807, 2.05) is 4.72 Å². The first-order valence-corrected chi connectivity index (χ1v) is 14.8. The van der Waals surface area contributed by atoms with Crippen molar-refractivity contribution < 1.29 is 17.6 Å². The number of hydrogen-bond donors (Lipinski definition) is 5. The Hall–Kier alpha value is -4.13. The van der Waals surface area contributed by atoms with Crippen LogP contribution in [0.25, 0.3) is 10.9 Å². The van der Waals surface area contributed by atoms with Crippen molar-refractivity contribution in [2.24, 2.45) is 5.41 Å². The first kappa shape index (κ1) is 30.8. The van der Waals surface area contributed by atoms with Crippen LogP contribution in [0.2, 0.25) is 5.02 Å². The molecule has 0 spiro atoms. The van der Waals surface area contributed by atoms with Crippen molar-refractivity contribution in [1.82, 2.24) is 30.7 Å². The Kier molecular flexibility index (Phi) is 8.54. The Morgan fingerprint density at radius 2 is 1.98 bits per heavy atom. The minimum Gasteiger partial charge on any atom is -0.383 e. The predicted molar refractivity (Wildman–Crippen MR) is 159 cm³/mol. The highest BCUT2D eigenvalue weighted by Crippen LogP contribution is 2.37. The number of nitrogens with zero attached hydrogens (tertiary/aromatic N) is 4. The molecule has 0 bridgehead atoms. The number of hydrazine groups is 2. The fraction of sp³-hybridized carbons (Fsp3) is 0.308. The number of sulfonamides is 1. The van der Waals surface area contributed by atoms with Gasteiger partial charge in [0.25, 0.3) is 5.91 Å². The van der Waals surface area contributed by atoms with Crippen LogP contribution < -0.4 is 26.3 Å². The molecule has 1 amide bonds. The Bertz CT molecular complexity index is 1710. The zero-order chi connectivity index (χ0) is 30.9. The normalized spacial score (nSPS) is 14.9. The van der Waals surface area contributed by atoms with Gasteiger partial charge in [0.05, 0.1) is 39.2 Å². The molecule has 5 N–H and O–H groups in total. The number of pyridine rings is 2. The molecule has 1 atom stereocenters. The van der Waals surface area contributed by atoms with Crippen molar-refractivity contribution in [2.45, 2.75) is 26.2 Å². The predicted octanol–water partition coefficient (Wildman–Crippen LogP) is 2.43. The summed E-state index contributed by atoms with van der Waals surface area (Å²) in [5.41, 5.74) is 6.27. The summed E-state index contributed by atoms with van der Waals surface area (Å²) in [5, 5.41) is 18.5. The number of rotatable bonds is 9. The fourth-order valence-electron chi connectivity index (χ4n) is 4.12. The maximum absolute atomic E-state index is 13.7. The molecule has 1 aliphatic rings. The van der Waals surface area contributed by atoms with Gasteiger partial charge in [0.2, 0.25) is 16.0 Å². The van der Waals surface area contributed by atoms with E-state index in [0.717, 1.165) is 12.3 Å². The SMILES string of the molecule is [B]C(Nc1cc(Cl)c2ncc(C#N)c(NCC(C)(C)C)c2c1)(C1=CN(CC(=O)NS(C)(=O)=O)NN1)c1ccc(F)nc1. The van der Waals surface area contributed by atoms with Crippen LogP contribution in [0.3, 0.4) is 0 Å². The minimum atomic E-state index is -3.76. The molecular weight excluding hydrogens is 584 g/mol. The summed E-state index contributed by atoms with van der Waals surface area (Å²) in [6, 6.07) is 8.08. The molecule has 0 saturated carbocycles. The van der Waals surface area contributed by atoms with Crippen LogP contribution >= 0.6 is 11.6 Å². The number of aromatic nitrogens is 2. The molecule has 12 nitrogen and oxygen atoms in total. The first-order valence-electron chi connectivity index (χ1n) is 12.5. The Balaban J connectivity index is 1.77. The van der Waals surface area contributed by atoms with Crippen molar-refractivity contribution in [2.75, 3.05) is 30.0 Å². The number of carbonyl (C=O) groups excluding carboxylic acids is 1. The second-order valence-corrected chi connectivity index (χ2v) is 13.1. The van der Waals surface area contributed by atoms with Gasteiger partial charge in [0, 0.05) is 36.2 Å². The number of carbonyl (C=O) groups is 1. The van der Waals surface area contributed by atoms with Crippen LogP contribution in [0.4, 0.5) is 15.8 Å². The van der Waals surface area contributed by atoms with Crippen LogP contribution in [0.1, 0.15) is 31.9 Å². The topological polar surface area (TPSA) is 164 Å². The molecule has 0 fully saturated rings.